The van der Waals surface area contributed by atoms with Gasteiger partial charge in [0, 0.05) is 11.3 Å². The minimum Gasteiger partial charge on any atom is -0.496 e. The number of benzene rings is 2. The number of methoxy groups -OCH3 is 1. The standard InChI is InChI=1S/C16H17NO2/c1-10-7-11(2)15(14(8-10)19-3)16(18)12-5-4-6-13(17)9-12/h4-9H,17H2,1-3H3. The molecule has 0 amide bonds. The maximum atomic E-state index is 12.6. The van der Waals surface area contributed by atoms with Gasteiger partial charge in [0.1, 0.15) is 5.75 Å². The van der Waals surface area contributed by atoms with Crippen LogP contribution in [0.3, 0.4) is 0 Å². The van der Waals surface area contributed by atoms with Gasteiger partial charge < -0.3 is 10.5 Å². The first kappa shape index (κ1) is 13.1. The number of anilines is 1. The minimum atomic E-state index is -0.0679. The molecule has 0 unspecified atom stereocenters. The number of nitrogen functional groups attached to an aromatic ring is 1. The van der Waals surface area contributed by atoms with Gasteiger partial charge in [-0.25, -0.2) is 0 Å². The summed E-state index contributed by atoms with van der Waals surface area (Å²) in [5, 5.41) is 0. The van der Waals surface area contributed by atoms with Crippen molar-refractivity contribution in [1.29, 1.82) is 0 Å². The van der Waals surface area contributed by atoms with E-state index < -0.39 is 0 Å². The maximum Gasteiger partial charge on any atom is 0.197 e. The van der Waals surface area contributed by atoms with Crippen LogP contribution < -0.4 is 10.5 Å². The number of ether oxygens (including phenoxy) is 1. The van der Waals surface area contributed by atoms with Crippen molar-refractivity contribution in [3.05, 3.63) is 58.7 Å². The topological polar surface area (TPSA) is 52.3 Å². The largest absolute Gasteiger partial charge is 0.496 e. The Kier molecular flexibility index (Phi) is 3.56. The molecule has 0 aromatic heterocycles. The summed E-state index contributed by atoms with van der Waals surface area (Å²) in [4.78, 5) is 12.6. The lowest BCUT2D eigenvalue weighted by atomic mass is 9.96. The van der Waals surface area contributed by atoms with Crippen molar-refractivity contribution in [2.75, 3.05) is 12.8 Å². The smallest absolute Gasteiger partial charge is 0.197 e. The average Bonchev–Trinajstić information content (AvgIpc) is 2.37. The molecule has 0 radical (unpaired) electrons. The second kappa shape index (κ2) is 5.14. The predicted molar refractivity (Wildman–Crippen MR) is 76.8 cm³/mol. The second-order valence-electron chi connectivity index (χ2n) is 4.61. The Morgan fingerprint density at radius 3 is 2.53 bits per heavy atom. The number of rotatable bonds is 3. The Bertz CT molecular complexity index is 633. The van der Waals surface area contributed by atoms with Crippen LogP contribution in [0.15, 0.2) is 36.4 Å². The lowest BCUT2D eigenvalue weighted by molar-refractivity contribution is 0.103. The molecule has 2 N–H and O–H groups in total. The molecule has 98 valence electrons. The Morgan fingerprint density at radius 1 is 1.16 bits per heavy atom. The predicted octanol–water partition coefficient (Wildman–Crippen LogP) is 3.13. The quantitative estimate of drug-likeness (QED) is 0.677. The van der Waals surface area contributed by atoms with Crippen LogP contribution >= 0.6 is 0 Å². The van der Waals surface area contributed by atoms with Crippen LogP contribution in [0.5, 0.6) is 5.75 Å². The first-order valence-corrected chi connectivity index (χ1v) is 6.08. The molecule has 0 atom stereocenters. The van der Waals surface area contributed by atoms with Gasteiger partial charge in [-0.1, -0.05) is 18.2 Å². The molecular formula is C16H17NO2. The van der Waals surface area contributed by atoms with Crippen LogP contribution in [0.25, 0.3) is 0 Å². The van der Waals surface area contributed by atoms with Gasteiger partial charge in [-0.2, -0.15) is 0 Å². The lowest BCUT2D eigenvalue weighted by Gasteiger charge is -2.12. The summed E-state index contributed by atoms with van der Waals surface area (Å²) in [6, 6.07) is 10.8. The third-order valence-corrected chi connectivity index (χ3v) is 3.04. The fourth-order valence-corrected chi connectivity index (χ4v) is 2.20. The number of hydrogen-bond donors (Lipinski definition) is 1. The molecular weight excluding hydrogens is 238 g/mol. The highest BCUT2D eigenvalue weighted by atomic mass is 16.5. The van der Waals surface area contributed by atoms with Gasteiger partial charge in [-0.3, -0.25) is 4.79 Å². The van der Waals surface area contributed by atoms with E-state index >= 15 is 0 Å². The van der Waals surface area contributed by atoms with Crippen molar-refractivity contribution >= 4 is 11.5 Å². The highest BCUT2D eigenvalue weighted by molar-refractivity contribution is 6.12. The number of aryl methyl sites for hydroxylation is 2. The van der Waals surface area contributed by atoms with Crippen molar-refractivity contribution in [2.45, 2.75) is 13.8 Å². The third kappa shape index (κ3) is 2.60. The molecule has 2 aromatic carbocycles. The molecule has 0 bridgehead atoms. The summed E-state index contributed by atoms with van der Waals surface area (Å²) in [7, 11) is 1.57. The van der Waals surface area contributed by atoms with E-state index in [1.165, 1.54) is 0 Å². The number of nitrogens with two attached hydrogens (primary N) is 1. The van der Waals surface area contributed by atoms with Gasteiger partial charge in [0.25, 0.3) is 0 Å². The highest BCUT2D eigenvalue weighted by Crippen LogP contribution is 2.27. The van der Waals surface area contributed by atoms with Gasteiger partial charge in [0.05, 0.1) is 12.7 Å². The Morgan fingerprint density at radius 2 is 1.89 bits per heavy atom. The van der Waals surface area contributed by atoms with Gasteiger partial charge in [-0.15, -0.1) is 0 Å². The van der Waals surface area contributed by atoms with E-state index in [9.17, 15) is 4.79 Å². The molecule has 0 aliphatic carbocycles. The molecule has 0 fully saturated rings. The first-order valence-electron chi connectivity index (χ1n) is 6.08. The normalized spacial score (nSPS) is 10.3. The summed E-state index contributed by atoms with van der Waals surface area (Å²) >= 11 is 0. The highest BCUT2D eigenvalue weighted by Gasteiger charge is 2.17. The van der Waals surface area contributed by atoms with Crippen molar-refractivity contribution < 1.29 is 9.53 Å². The third-order valence-electron chi connectivity index (χ3n) is 3.04. The Hall–Kier alpha value is -2.29. The molecule has 0 spiro atoms. The fourth-order valence-electron chi connectivity index (χ4n) is 2.20. The molecule has 0 saturated carbocycles. The zero-order valence-corrected chi connectivity index (χ0v) is 11.4. The number of carbonyl (C=O) groups excluding carboxylic acids is 1. The van der Waals surface area contributed by atoms with Crippen molar-refractivity contribution in [3.8, 4) is 5.75 Å². The van der Waals surface area contributed by atoms with Crippen LogP contribution in [0.1, 0.15) is 27.0 Å². The van der Waals surface area contributed by atoms with E-state index in [0.717, 1.165) is 11.1 Å². The zero-order valence-electron chi connectivity index (χ0n) is 11.4. The monoisotopic (exact) mass is 255 g/mol. The first-order chi connectivity index (χ1) is 9.02. The van der Waals surface area contributed by atoms with Crippen LogP contribution in [0.4, 0.5) is 5.69 Å². The molecule has 3 heteroatoms. The van der Waals surface area contributed by atoms with E-state index in [4.69, 9.17) is 10.5 Å². The molecule has 2 aromatic rings. The fraction of sp³-hybridized carbons (Fsp3) is 0.188. The average molecular weight is 255 g/mol. The van der Waals surface area contributed by atoms with Gasteiger partial charge in [0.15, 0.2) is 5.78 Å². The summed E-state index contributed by atoms with van der Waals surface area (Å²) in [6.45, 7) is 3.89. The molecule has 0 aliphatic heterocycles. The maximum absolute atomic E-state index is 12.6. The Balaban J connectivity index is 2.56. The number of carbonyl (C=O) groups is 1. The van der Waals surface area contributed by atoms with Crippen molar-refractivity contribution in [1.82, 2.24) is 0 Å². The number of ketones is 1. The molecule has 19 heavy (non-hydrogen) atoms. The van der Waals surface area contributed by atoms with E-state index in [0.29, 0.717) is 22.6 Å². The summed E-state index contributed by atoms with van der Waals surface area (Å²) in [6.07, 6.45) is 0. The molecule has 3 nitrogen and oxygen atoms in total. The Labute approximate surface area is 113 Å². The molecule has 2 rings (SSSR count). The van der Waals surface area contributed by atoms with Gasteiger partial charge in [0.2, 0.25) is 0 Å². The summed E-state index contributed by atoms with van der Waals surface area (Å²) < 4.78 is 5.33. The summed E-state index contributed by atoms with van der Waals surface area (Å²) in [5.74, 6) is 0.534. The van der Waals surface area contributed by atoms with E-state index in [1.807, 2.05) is 26.0 Å². The van der Waals surface area contributed by atoms with E-state index in [1.54, 1.807) is 31.4 Å². The zero-order chi connectivity index (χ0) is 14.0. The lowest BCUT2D eigenvalue weighted by Crippen LogP contribution is -2.07. The SMILES string of the molecule is COc1cc(C)cc(C)c1C(=O)c1cccc(N)c1. The molecule has 0 aliphatic rings. The van der Waals surface area contributed by atoms with Gasteiger partial charge in [-0.05, 0) is 43.2 Å². The van der Waals surface area contributed by atoms with E-state index in [-0.39, 0.29) is 5.78 Å². The summed E-state index contributed by atoms with van der Waals surface area (Å²) in [5.41, 5.74) is 9.45. The van der Waals surface area contributed by atoms with Gasteiger partial charge >= 0.3 is 0 Å². The number of hydrogen-bond acceptors (Lipinski definition) is 3. The second-order valence-corrected chi connectivity index (χ2v) is 4.61. The minimum absolute atomic E-state index is 0.0679. The molecule has 0 heterocycles. The van der Waals surface area contributed by atoms with Crippen molar-refractivity contribution in [3.63, 3.8) is 0 Å². The van der Waals surface area contributed by atoms with Crippen LogP contribution in [0, 0.1) is 13.8 Å². The van der Waals surface area contributed by atoms with Crippen LogP contribution in [-0.4, -0.2) is 12.9 Å². The van der Waals surface area contributed by atoms with Crippen molar-refractivity contribution in [2.24, 2.45) is 0 Å². The van der Waals surface area contributed by atoms with Crippen LogP contribution in [0.2, 0.25) is 0 Å². The van der Waals surface area contributed by atoms with E-state index in [2.05, 4.69) is 0 Å². The van der Waals surface area contributed by atoms with Crippen LogP contribution in [-0.2, 0) is 0 Å². The molecule has 0 saturated heterocycles.